The molecule has 3 aromatic rings. The molecule has 1 aromatic heterocycles. The summed E-state index contributed by atoms with van der Waals surface area (Å²) in [5.41, 5.74) is 4.74. The van der Waals surface area contributed by atoms with Gasteiger partial charge in [-0.05, 0) is 37.3 Å². The summed E-state index contributed by atoms with van der Waals surface area (Å²) in [6.45, 7) is 2.08. The summed E-state index contributed by atoms with van der Waals surface area (Å²) >= 11 is 18.9. The molecule has 0 bridgehead atoms. The van der Waals surface area contributed by atoms with Crippen molar-refractivity contribution in [1.82, 2.24) is 15.2 Å². The predicted molar refractivity (Wildman–Crippen MR) is 122 cm³/mol. The normalized spacial score (nSPS) is 11.0. The van der Waals surface area contributed by atoms with E-state index in [0.29, 0.717) is 55.6 Å². The Kier molecular flexibility index (Phi) is 7.43. The molecule has 1 amide bonds. The molecule has 0 aliphatic rings. The Morgan fingerprint density at radius 1 is 1.13 bits per heavy atom. The fourth-order valence-electron chi connectivity index (χ4n) is 2.85. The lowest BCUT2D eigenvalue weighted by atomic mass is 10.2. The van der Waals surface area contributed by atoms with Gasteiger partial charge >= 0.3 is 0 Å². The van der Waals surface area contributed by atoms with Crippen molar-refractivity contribution in [1.29, 1.82) is 0 Å². The maximum Gasteiger partial charge on any atom is 0.271 e. The van der Waals surface area contributed by atoms with E-state index in [0.717, 1.165) is 0 Å². The number of carbonyl (C=O) groups excluding carboxylic acids is 1. The highest BCUT2D eigenvalue weighted by molar-refractivity contribution is 6.36. The van der Waals surface area contributed by atoms with Crippen molar-refractivity contribution in [3.63, 3.8) is 0 Å². The highest BCUT2D eigenvalue weighted by atomic mass is 35.5. The molecule has 31 heavy (non-hydrogen) atoms. The number of rotatable bonds is 7. The number of nitrogens with zero attached hydrogens (tertiary/aromatic N) is 3. The predicted octanol–water partition coefficient (Wildman–Crippen LogP) is 4.98. The maximum absolute atomic E-state index is 12.4. The number of ether oxygens (including phenoxy) is 2. The molecule has 0 saturated carbocycles. The smallest absolute Gasteiger partial charge is 0.271 e. The third-order valence-electron chi connectivity index (χ3n) is 4.48. The summed E-state index contributed by atoms with van der Waals surface area (Å²) in [4.78, 5) is 12.4. The first-order valence-electron chi connectivity index (χ1n) is 9.07. The number of methoxy groups -OCH3 is 2. The molecule has 0 aliphatic carbocycles. The van der Waals surface area contributed by atoms with Gasteiger partial charge in [-0.15, -0.1) is 0 Å². The number of aryl methyl sites for hydroxylation is 1. The van der Waals surface area contributed by atoms with Crippen LogP contribution in [-0.2, 0) is 6.54 Å². The molecule has 0 radical (unpaired) electrons. The summed E-state index contributed by atoms with van der Waals surface area (Å²) in [7, 11) is 3.02. The number of nitrogens with one attached hydrogen (secondary N) is 1. The number of hydrogen-bond acceptors (Lipinski definition) is 5. The average Bonchev–Trinajstić information content (AvgIpc) is 3.03. The van der Waals surface area contributed by atoms with Crippen molar-refractivity contribution in [3.8, 4) is 11.5 Å². The van der Waals surface area contributed by atoms with Gasteiger partial charge in [0.1, 0.15) is 5.15 Å². The molecule has 0 atom stereocenters. The molecule has 3 rings (SSSR count). The Labute approximate surface area is 194 Å². The van der Waals surface area contributed by atoms with Gasteiger partial charge in [0.05, 0.1) is 38.2 Å². The SMILES string of the molecule is COc1ccc(C(=O)N/N=C/c2c(C)nn(Cc3c(Cl)cccc3Cl)c2Cl)cc1OC. The summed E-state index contributed by atoms with van der Waals surface area (Å²) < 4.78 is 11.9. The number of aromatic nitrogens is 2. The molecule has 0 fully saturated rings. The van der Waals surface area contributed by atoms with Gasteiger partial charge in [0.15, 0.2) is 11.5 Å². The largest absolute Gasteiger partial charge is 0.493 e. The fourth-order valence-corrected chi connectivity index (χ4v) is 3.65. The van der Waals surface area contributed by atoms with Crippen LogP contribution in [0.2, 0.25) is 15.2 Å². The van der Waals surface area contributed by atoms with Crippen LogP contribution in [0.15, 0.2) is 41.5 Å². The van der Waals surface area contributed by atoms with Gasteiger partial charge in [-0.2, -0.15) is 10.2 Å². The second-order valence-corrected chi connectivity index (χ2v) is 7.59. The Morgan fingerprint density at radius 2 is 1.81 bits per heavy atom. The van der Waals surface area contributed by atoms with E-state index in [9.17, 15) is 4.79 Å². The van der Waals surface area contributed by atoms with Crippen LogP contribution in [0.25, 0.3) is 0 Å². The molecule has 10 heteroatoms. The first kappa shape index (κ1) is 22.9. The van der Waals surface area contributed by atoms with Gasteiger partial charge in [0.2, 0.25) is 0 Å². The molecule has 0 saturated heterocycles. The second kappa shape index (κ2) is 10.0. The van der Waals surface area contributed by atoms with Gasteiger partial charge in [-0.1, -0.05) is 40.9 Å². The monoisotopic (exact) mass is 480 g/mol. The minimum Gasteiger partial charge on any atom is -0.493 e. The first-order chi connectivity index (χ1) is 14.8. The van der Waals surface area contributed by atoms with E-state index in [2.05, 4.69) is 15.6 Å². The van der Waals surface area contributed by atoms with E-state index in [1.165, 1.54) is 20.4 Å². The van der Waals surface area contributed by atoms with Crippen LogP contribution in [0.3, 0.4) is 0 Å². The summed E-state index contributed by atoms with van der Waals surface area (Å²) in [5, 5.41) is 9.81. The van der Waals surface area contributed by atoms with Crippen LogP contribution in [0.5, 0.6) is 11.5 Å². The van der Waals surface area contributed by atoms with Crippen LogP contribution < -0.4 is 14.9 Å². The van der Waals surface area contributed by atoms with E-state index < -0.39 is 5.91 Å². The van der Waals surface area contributed by atoms with E-state index in [-0.39, 0.29) is 0 Å². The summed E-state index contributed by atoms with van der Waals surface area (Å²) in [6, 6.07) is 10.1. The van der Waals surface area contributed by atoms with Crippen molar-refractivity contribution in [3.05, 3.63) is 74.0 Å². The maximum atomic E-state index is 12.4. The molecule has 1 N–H and O–H groups in total. The number of amides is 1. The minimum atomic E-state index is -0.416. The lowest BCUT2D eigenvalue weighted by Gasteiger charge is -2.08. The van der Waals surface area contributed by atoms with Crippen molar-refractivity contribution >= 4 is 46.9 Å². The zero-order valence-corrected chi connectivity index (χ0v) is 19.2. The zero-order valence-electron chi connectivity index (χ0n) is 16.9. The third-order valence-corrected chi connectivity index (χ3v) is 5.59. The van der Waals surface area contributed by atoms with Crippen LogP contribution in [0, 0.1) is 6.92 Å². The van der Waals surface area contributed by atoms with E-state index >= 15 is 0 Å². The van der Waals surface area contributed by atoms with Crippen molar-refractivity contribution in [2.45, 2.75) is 13.5 Å². The van der Waals surface area contributed by atoms with Gasteiger partial charge in [-0.3, -0.25) is 4.79 Å². The minimum absolute atomic E-state index is 0.296. The van der Waals surface area contributed by atoms with Crippen molar-refractivity contribution in [2.75, 3.05) is 14.2 Å². The first-order valence-corrected chi connectivity index (χ1v) is 10.2. The lowest BCUT2D eigenvalue weighted by molar-refractivity contribution is 0.0954. The standard InChI is InChI=1S/C21H19Cl3N4O3/c1-12-14(20(24)28(27-12)11-15-16(22)5-4-6-17(15)23)10-25-26-21(29)13-7-8-18(30-2)19(9-13)31-3/h4-10H,11H2,1-3H3,(H,26,29)/b25-10+. The number of halogens is 3. The molecule has 2 aromatic carbocycles. The van der Waals surface area contributed by atoms with Crippen LogP contribution >= 0.6 is 34.8 Å². The van der Waals surface area contributed by atoms with Crippen LogP contribution in [0.1, 0.15) is 27.2 Å². The Balaban J connectivity index is 1.75. The van der Waals surface area contributed by atoms with E-state index in [1.54, 1.807) is 48.0 Å². The summed E-state index contributed by atoms with van der Waals surface area (Å²) in [5.74, 6) is 0.551. The molecular weight excluding hydrogens is 463 g/mol. The Morgan fingerprint density at radius 3 is 2.45 bits per heavy atom. The van der Waals surface area contributed by atoms with Crippen molar-refractivity contribution in [2.24, 2.45) is 5.10 Å². The Bertz CT molecular complexity index is 1120. The Hall–Kier alpha value is -2.74. The van der Waals surface area contributed by atoms with Gasteiger partial charge in [-0.25, -0.2) is 10.1 Å². The molecule has 0 unspecified atom stereocenters. The molecule has 1 heterocycles. The van der Waals surface area contributed by atoms with Gasteiger partial charge < -0.3 is 9.47 Å². The second-order valence-electron chi connectivity index (χ2n) is 6.42. The van der Waals surface area contributed by atoms with E-state index in [4.69, 9.17) is 44.3 Å². The van der Waals surface area contributed by atoms with Gasteiger partial charge in [0, 0.05) is 21.2 Å². The van der Waals surface area contributed by atoms with Crippen LogP contribution in [-0.4, -0.2) is 36.1 Å². The third kappa shape index (κ3) is 5.12. The highest BCUT2D eigenvalue weighted by Gasteiger charge is 2.15. The number of hydrazone groups is 1. The molecule has 7 nitrogen and oxygen atoms in total. The molecular formula is C21H19Cl3N4O3. The lowest BCUT2D eigenvalue weighted by Crippen LogP contribution is -2.17. The molecule has 0 spiro atoms. The fraction of sp³-hybridized carbons (Fsp3) is 0.190. The summed E-state index contributed by atoms with van der Waals surface area (Å²) in [6.07, 6.45) is 1.44. The topological polar surface area (TPSA) is 77.7 Å². The van der Waals surface area contributed by atoms with E-state index in [1.807, 2.05) is 0 Å². The average molecular weight is 482 g/mol. The number of benzene rings is 2. The van der Waals surface area contributed by atoms with Crippen molar-refractivity contribution < 1.29 is 14.3 Å². The highest BCUT2D eigenvalue weighted by Crippen LogP contribution is 2.28. The number of hydrogen-bond donors (Lipinski definition) is 1. The molecule has 162 valence electrons. The number of carbonyl (C=O) groups is 1. The molecule has 0 aliphatic heterocycles. The van der Waals surface area contributed by atoms with Gasteiger partial charge in [0.25, 0.3) is 5.91 Å². The van der Waals surface area contributed by atoms with Crippen LogP contribution in [0.4, 0.5) is 0 Å². The quantitative estimate of drug-likeness (QED) is 0.381. The zero-order chi connectivity index (χ0) is 22.5.